The molecule has 0 bridgehead atoms. The van der Waals surface area contributed by atoms with E-state index >= 15 is 0 Å². The molecule has 0 saturated heterocycles. The van der Waals surface area contributed by atoms with Crippen LogP contribution in [0.5, 0.6) is 0 Å². The van der Waals surface area contributed by atoms with E-state index in [1.807, 2.05) is 0 Å². The molecule has 1 heterocycles. The second-order valence-electron chi connectivity index (χ2n) is 6.99. The van der Waals surface area contributed by atoms with Gasteiger partial charge in [0.05, 0.1) is 23.6 Å². The maximum absolute atomic E-state index is 12.2. The van der Waals surface area contributed by atoms with Gasteiger partial charge >= 0.3 is 5.97 Å². The first kappa shape index (κ1) is 19.9. The van der Waals surface area contributed by atoms with Crippen LogP contribution in [0.15, 0.2) is 0 Å². The topological polar surface area (TPSA) is 113 Å². The van der Waals surface area contributed by atoms with Crippen LogP contribution in [-0.2, 0) is 20.9 Å². The summed E-state index contributed by atoms with van der Waals surface area (Å²) in [6.07, 6.45) is 5.06. The zero-order valence-electron chi connectivity index (χ0n) is 15.7. The number of amides is 2. The fourth-order valence-electron chi connectivity index (χ4n) is 3.49. The molecule has 1 aromatic heterocycles. The monoisotopic (exact) mass is 364 g/mol. The molecule has 0 spiro atoms. The Balaban J connectivity index is 1.85. The number of carboxylic acids is 1. The molecular weight excluding hydrogens is 336 g/mol. The number of aliphatic carboxylic acids is 1. The highest BCUT2D eigenvalue weighted by Crippen LogP contribution is 2.30. The van der Waals surface area contributed by atoms with Crippen molar-refractivity contribution < 1.29 is 19.5 Å². The van der Waals surface area contributed by atoms with Crippen LogP contribution in [0.2, 0.25) is 0 Å². The van der Waals surface area contributed by atoms with Crippen molar-refractivity contribution in [3.05, 3.63) is 11.4 Å². The smallest absolute Gasteiger partial charge is 0.325 e. The van der Waals surface area contributed by atoms with Crippen molar-refractivity contribution in [2.75, 3.05) is 11.9 Å². The Bertz CT molecular complexity index is 675. The number of anilines is 1. The fraction of sp³-hybridized carbons (Fsp3) is 0.667. The second-order valence-corrected chi connectivity index (χ2v) is 6.99. The summed E-state index contributed by atoms with van der Waals surface area (Å²) in [4.78, 5) is 35.2. The molecule has 8 heteroatoms. The van der Waals surface area contributed by atoms with Crippen LogP contribution in [0.25, 0.3) is 0 Å². The van der Waals surface area contributed by atoms with Crippen molar-refractivity contribution in [3.8, 4) is 0 Å². The number of aromatic nitrogens is 2. The minimum atomic E-state index is -1.00. The van der Waals surface area contributed by atoms with Gasteiger partial charge in [0.25, 0.3) is 0 Å². The first-order valence-corrected chi connectivity index (χ1v) is 9.15. The normalized spacial score (nSPS) is 19.8. The molecular formula is C18H28N4O4. The molecule has 1 aliphatic carbocycles. The molecule has 1 saturated carbocycles. The maximum atomic E-state index is 12.2. The van der Waals surface area contributed by atoms with Crippen molar-refractivity contribution in [1.29, 1.82) is 0 Å². The van der Waals surface area contributed by atoms with Crippen molar-refractivity contribution in [1.82, 2.24) is 15.1 Å². The van der Waals surface area contributed by atoms with E-state index in [2.05, 4.69) is 22.7 Å². The summed E-state index contributed by atoms with van der Waals surface area (Å²) in [5.74, 6) is -0.701. The standard InChI is InChI=1S/C18H28N4O4/c1-4-13-5-7-14(8-6-13)18(26)19-9-15(23)20-17-11(2)21-22(12(17)3)10-16(24)25/h13-14H,4-10H2,1-3H3,(H,19,26)(H,20,23)(H,24,25). The predicted octanol–water partition coefficient (Wildman–Crippen LogP) is 1.86. The number of carboxylic acid groups (broad SMARTS) is 1. The number of rotatable bonds is 7. The van der Waals surface area contributed by atoms with Gasteiger partial charge in [0.1, 0.15) is 6.54 Å². The molecule has 1 fully saturated rings. The fourth-order valence-corrected chi connectivity index (χ4v) is 3.49. The van der Waals surface area contributed by atoms with Gasteiger partial charge in [-0.05, 0) is 45.4 Å². The average Bonchev–Trinajstić information content (AvgIpc) is 2.86. The van der Waals surface area contributed by atoms with Gasteiger partial charge in [0.2, 0.25) is 11.8 Å². The molecule has 0 aromatic carbocycles. The van der Waals surface area contributed by atoms with Crippen LogP contribution in [-0.4, -0.2) is 39.2 Å². The molecule has 0 radical (unpaired) electrons. The minimum Gasteiger partial charge on any atom is -0.480 e. The third-order valence-electron chi connectivity index (χ3n) is 5.15. The van der Waals surface area contributed by atoms with Gasteiger partial charge in [-0.1, -0.05) is 13.3 Å². The molecule has 2 amide bonds. The lowest BCUT2D eigenvalue weighted by Crippen LogP contribution is -2.38. The maximum Gasteiger partial charge on any atom is 0.325 e. The van der Waals surface area contributed by atoms with Gasteiger partial charge in [0.15, 0.2) is 0 Å². The second kappa shape index (κ2) is 8.82. The number of nitrogens with zero attached hydrogens (tertiary/aromatic N) is 2. The van der Waals surface area contributed by atoms with E-state index in [-0.39, 0.29) is 30.8 Å². The van der Waals surface area contributed by atoms with E-state index in [1.54, 1.807) is 13.8 Å². The van der Waals surface area contributed by atoms with Gasteiger partial charge < -0.3 is 15.7 Å². The molecule has 2 rings (SSSR count). The van der Waals surface area contributed by atoms with Crippen molar-refractivity contribution in [2.24, 2.45) is 11.8 Å². The van der Waals surface area contributed by atoms with Crippen LogP contribution in [0, 0.1) is 25.7 Å². The van der Waals surface area contributed by atoms with Gasteiger partial charge in [-0.15, -0.1) is 0 Å². The molecule has 1 aliphatic rings. The van der Waals surface area contributed by atoms with E-state index in [0.717, 1.165) is 38.0 Å². The van der Waals surface area contributed by atoms with Crippen molar-refractivity contribution >= 4 is 23.5 Å². The van der Waals surface area contributed by atoms with Crippen molar-refractivity contribution in [3.63, 3.8) is 0 Å². The Morgan fingerprint density at radius 3 is 2.42 bits per heavy atom. The number of carbonyl (C=O) groups is 3. The Hall–Kier alpha value is -2.38. The van der Waals surface area contributed by atoms with Crippen molar-refractivity contribution in [2.45, 2.75) is 59.4 Å². The summed E-state index contributed by atoms with van der Waals surface area (Å²) in [6, 6.07) is 0. The van der Waals surface area contributed by atoms with Crippen LogP contribution >= 0.6 is 0 Å². The molecule has 3 N–H and O–H groups in total. The molecule has 1 aromatic rings. The van der Waals surface area contributed by atoms with Gasteiger partial charge in [-0.25, -0.2) is 0 Å². The molecule has 0 unspecified atom stereocenters. The predicted molar refractivity (Wildman–Crippen MR) is 96.7 cm³/mol. The molecule has 8 nitrogen and oxygen atoms in total. The SMILES string of the molecule is CCC1CCC(C(=O)NCC(=O)Nc2c(C)nn(CC(=O)O)c2C)CC1. The molecule has 144 valence electrons. The first-order chi connectivity index (χ1) is 12.3. The summed E-state index contributed by atoms with van der Waals surface area (Å²) in [6.45, 7) is 5.21. The molecule has 0 atom stereocenters. The number of carbonyl (C=O) groups excluding carboxylic acids is 2. The Labute approximate surface area is 153 Å². The van der Waals surface area contributed by atoms with Crippen LogP contribution < -0.4 is 10.6 Å². The zero-order valence-corrected chi connectivity index (χ0v) is 15.7. The highest BCUT2D eigenvalue weighted by molar-refractivity contribution is 5.95. The summed E-state index contributed by atoms with van der Waals surface area (Å²) < 4.78 is 1.33. The van der Waals surface area contributed by atoms with Gasteiger partial charge in [-0.3, -0.25) is 19.1 Å². The third-order valence-corrected chi connectivity index (χ3v) is 5.15. The largest absolute Gasteiger partial charge is 0.480 e. The minimum absolute atomic E-state index is 0.00705. The van der Waals surface area contributed by atoms with Crippen LogP contribution in [0.1, 0.15) is 50.4 Å². The Morgan fingerprint density at radius 2 is 1.85 bits per heavy atom. The van der Waals surface area contributed by atoms with Gasteiger partial charge in [0, 0.05) is 5.92 Å². The lowest BCUT2D eigenvalue weighted by Gasteiger charge is -2.26. The van der Waals surface area contributed by atoms with E-state index in [4.69, 9.17) is 5.11 Å². The lowest BCUT2D eigenvalue weighted by atomic mass is 9.80. The number of hydrogen-bond donors (Lipinski definition) is 3. The van der Waals surface area contributed by atoms with Gasteiger partial charge in [-0.2, -0.15) is 5.10 Å². The number of hydrogen-bond acceptors (Lipinski definition) is 4. The number of aryl methyl sites for hydroxylation is 1. The molecule has 26 heavy (non-hydrogen) atoms. The summed E-state index contributed by atoms with van der Waals surface area (Å²) >= 11 is 0. The Morgan fingerprint density at radius 1 is 1.19 bits per heavy atom. The Kier molecular flexibility index (Phi) is 6.76. The summed E-state index contributed by atoms with van der Waals surface area (Å²) in [7, 11) is 0. The average molecular weight is 364 g/mol. The number of nitrogens with one attached hydrogen (secondary N) is 2. The van der Waals surface area contributed by atoms with E-state index in [9.17, 15) is 14.4 Å². The summed E-state index contributed by atoms with van der Waals surface area (Å²) in [5.41, 5.74) is 1.61. The van der Waals surface area contributed by atoms with Crippen LogP contribution in [0.4, 0.5) is 5.69 Å². The zero-order chi connectivity index (χ0) is 19.3. The summed E-state index contributed by atoms with van der Waals surface area (Å²) in [5, 5.41) is 18.4. The highest BCUT2D eigenvalue weighted by Gasteiger charge is 2.25. The third kappa shape index (κ3) is 5.06. The van der Waals surface area contributed by atoms with E-state index in [1.165, 1.54) is 4.68 Å². The van der Waals surface area contributed by atoms with E-state index < -0.39 is 5.97 Å². The van der Waals surface area contributed by atoms with Crippen LogP contribution in [0.3, 0.4) is 0 Å². The highest BCUT2D eigenvalue weighted by atomic mass is 16.4. The molecule has 0 aliphatic heterocycles. The van der Waals surface area contributed by atoms with E-state index in [0.29, 0.717) is 17.1 Å². The first-order valence-electron chi connectivity index (χ1n) is 9.15. The quantitative estimate of drug-likeness (QED) is 0.683. The lowest BCUT2D eigenvalue weighted by molar-refractivity contribution is -0.138.